The van der Waals surface area contributed by atoms with E-state index in [1.165, 1.54) is 41.5 Å². The van der Waals surface area contributed by atoms with Crippen molar-refractivity contribution in [2.24, 2.45) is 5.92 Å². The van der Waals surface area contributed by atoms with E-state index in [9.17, 15) is 0 Å². The van der Waals surface area contributed by atoms with Gasteiger partial charge in [0, 0.05) is 35.1 Å². The molecule has 0 aliphatic carbocycles. The van der Waals surface area contributed by atoms with E-state index >= 15 is 0 Å². The zero-order valence-corrected chi connectivity index (χ0v) is 14.3. The summed E-state index contributed by atoms with van der Waals surface area (Å²) in [6.07, 6.45) is 4.72. The van der Waals surface area contributed by atoms with Gasteiger partial charge in [0.2, 0.25) is 0 Å². The highest BCUT2D eigenvalue weighted by Gasteiger charge is 2.43. The lowest BCUT2D eigenvalue weighted by atomic mass is 9.80. The molecule has 2 fully saturated rings. The molecule has 3 atom stereocenters. The molecule has 4 heterocycles. The first kappa shape index (κ1) is 14.9. The number of rotatable bonds is 2. The molecular formula is C20H26N2O2. The number of nitrogens with zero attached hydrogens (tertiary/aromatic N) is 1. The second-order valence-corrected chi connectivity index (χ2v) is 7.47. The summed E-state index contributed by atoms with van der Waals surface area (Å²) in [6, 6.07) is 9.88. The highest BCUT2D eigenvalue weighted by Crippen LogP contribution is 2.45. The summed E-state index contributed by atoms with van der Waals surface area (Å²) >= 11 is 0. The predicted octanol–water partition coefficient (Wildman–Crippen LogP) is 3.63. The molecule has 128 valence electrons. The molecule has 0 saturated carbocycles. The van der Waals surface area contributed by atoms with Gasteiger partial charge in [-0.15, -0.1) is 0 Å². The van der Waals surface area contributed by atoms with Crippen molar-refractivity contribution in [2.45, 2.75) is 51.0 Å². The Balaban J connectivity index is 1.53. The molecule has 1 aromatic heterocycles. The third-order valence-electron chi connectivity index (χ3n) is 6.27. The van der Waals surface area contributed by atoms with Crippen LogP contribution >= 0.6 is 0 Å². The van der Waals surface area contributed by atoms with Gasteiger partial charge >= 0.3 is 0 Å². The fourth-order valence-corrected chi connectivity index (χ4v) is 5.17. The number of H-pyrrole nitrogens is 1. The molecule has 4 heteroatoms. The number of aromatic nitrogens is 1. The van der Waals surface area contributed by atoms with Crippen molar-refractivity contribution < 1.29 is 9.47 Å². The zero-order chi connectivity index (χ0) is 16.1. The van der Waals surface area contributed by atoms with Crippen molar-refractivity contribution in [3.8, 4) is 0 Å². The third kappa shape index (κ3) is 2.24. The summed E-state index contributed by atoms with van der Waals surface area (Å²) in [5.41, 5.74) is 4.27. The van der Waals surface area contributed by atoms with Crippen molar-refractivity contribution in [3.05, 3.63) is 35.5 Å². The summed E-state index contributed by atoms with van der Waals surface area (Å²) in [6.45, 7) is 5.01. The van der Waals surface area contributed by atoms with Crippen LogP contribution in [0.25, 0.3) is 10.9 Å². The van der Waals surface area contributed by atoms with Crippen LogP contribution in [0, 0.1) is 5.92 Å². The lowest BCUT2D eigenvalue weighted by molar-refractivity contribution is -0.116. The first-order chi connectivity index (χ1) is 11.8. The number of benzene rings is 1. The van der Waals surface area contributed by atoms with Crippen molar-refractivity contribution in [1.29, 1.82) is 0 Å². The summed E-state index contributed by atoms with van der Waals surface area (Å²) in [7, 11) is 0. The van der Waals surface area contributed by atoms with Crippen LogP contribution in [0.1, 0.15) is 43.5 Å². The van der Waals surface area contributed by atoms with E-state index < -0.39 is 0 Å². The van der Waals surface area contributed by atoms with Gasteiger partial charge in [-0.05, 0) is 37.3 Å². The van der Waals surface area contributed by atoms with Gasteiger partial charge < -0.3 is 14.5 Å². The van der Waals surface area contributed by atoms with Crippen molar-refractivity contribution in [1.82, 2.24) is 9.88 Å². The molecule has 2 aromatic rings. The summed E-state index contributed by atoms with van der Waals surface area (Å²) < 4.78 is 11.7. The van der Waals surface area contributed by atoms with Gasteiger partial charge in [0.15, 0.2) is 6.29 Å². The predicted molar refractivity (Wildman–Crippen MR) is 93.9 cm³/mol. The van der Waals surface area contributed by atoms with Crippen LogP contribution in [-0.2, 0) is 15.9 Å². The van der Waals surface area contributed by atoms with Gasteiger partial charge in [-0.25, -0.2) is 0 Å². The molecule has 0 radical (unpaired) electrons. The number of hydrogen-bond donors (Lipinski definition) is 1. The summed E-state index contributed by atoms with van der Waals surface area (Å²) in [4.78, 5) is 6.49. The van der Waals surface area contributed by atoms with E-state index in [-0.39, 0.29) is 6.29 Å². The number of para-hydroxylation sites is 1. The number of hydrogen-bond acceptors (Lipinski definition) is 3. The minimum atomic E-state index is 0.0101. The molecule has 5 rings (SSSR count). The van der Waals surface area contributed by atoms with E-state index in [2.05, 4.69) is 41.1 Å². The molecule has 1 aromatic carbocycles. The average Bonchev–Trinajstić information content (AvgIpc) is 3.28. The monoisotopic (exact) mass is 326 g/mol. The molecule has 3 aliphatic heterocycles. The number of ether oxygens (including phenoxy) is 2. The molecule has 0 spiro atoms. The molecule has 1 N–H and O–H groups in total. The van der Waals surface area contributed by atoms with E-state index in [4.69, 9.17) is 9.47 Å². The van der Waals surface area contributed by atoms with Gasteiger partial charge in [0.05, 0.1) is 19.3 Å². The lowest BCUT2D eigenvalue weighted by Crippen LogP contribution is -2.49. The smallest absolute Gasteiger partial charge is 0.160 e. The quantitative estimate of drug-likeness (QED) is 0.916. The Morgan fingerprint density at radius 1 is 1.17 bits per heavy atom. The average molecular weight is 326 g/mol. The van der Waals surface area contributed by atoms with Crippen LogP contribution in [0.2, 0.25) is 0 Å². The highest BCUT2D eigenvalue weighted by atomic mass is 16.7. The van der Waals surface area contributed by atoms with Crippen LogP contribution in [0.3, 0.4) is 0 Å². The molecule has 0 bridgehead atoms. The summed E-state index contributed by atoms with van der Waals surface area (Å²) in [5.74, 6) is 0.510. The molecule has 0 amide bonds. The normalized spacial score (nSPS) is 31.3. The first-order valence-corrected chi connectivity index (χ1v) is 9.43. The van der Waals surface area contributed by atoms with Crippen LogP contribution in [0.5, 0.6) is 0 Å². The van der Waals surface area contributed by atoms with Crippen LogP contribution in [0.4, 0.5) is 0 Å². The fourth-order valence-electron chi connectivity index (χ4n) is 5.17. The van der Waals surface area contributed by atoms with Crippen molar-refractivity contribution >= 4 is 10.9 Å². The highest BCUT2D eigenvalue weighted by molar-refractivity contribution is 5.85. The summed E-state index contributed by atoms with van der Waals surface area (Å²) in [5, 5.41) is 1.41. The van der Waals surface area contributed by atoms with Crippen molar-refractivity contribution in [2.75, 3.05) is 19.8 Å². The maximum atomic E-state index is 5.86. The molecule has 3 aliphatic rings. The maximum Gasteiger partial charge on any atom is 0.160 e. The molecular weight excluding hydrogens is 300 g/mol. The maximum absolute atomic E-state index is 5.86. The van der Waals surface area contributed by atoms with Crippen LogP contribution in [-0.4, -0.2) is 42.0 Å². The first-order valence-electron chi connectivity index (χ1n) is 9.43. The lowest BCUT2D eigenvalue weighted by Gasteiger charge is -2.48. The van der Waals surface area contributed by atoms with Crippen LogP contribution in [0.15, 0.2) is 24.3 Å². The van der Waals surface area contributed by atoms with Gasteiger partial charge in [-0.3, -0.25) is 4.90 Å². The van der Waals surface area contributed by atoms with E-state index in [0.29, 0.717) is 18.0 Å². The van der Waals surface area contributed by atoms with Gasteiger partial charge in [-0.2, -0.15) is 0 Å². The molecule has 24 heavy (non-hydrogen) atoms. The topological polar surface area (TPSA) is 37.5 Å². The van der Waals surface area contributed by atoms with Crippen LogP contribution < -0.4 is 0 Å². The Morgan fingerprint density at radius 2 is 2.00 bits per heavy atom. The standard InChI is InChI=1S/C20H26N2O2/c1-2-14-11-13(20-23-9-10-24-20)12-18-19-16(7-8-22(14)18)15-5-3-4-6-17(15)21-19/h3-6,13-14,18,20-21H,2,7-12H2,1H3/t13-,14-,18-/m0/s1. The minimum absolute atomic E-state index is 0.0101. The number of nitrogens with one attached hydrogen (secondary N) is 1. The second-order valence-electron chi connectivity index (χ2n) is 7.47. The molecule has 4 nitrogen and oxygen atoms in total. The minimum Gasteiger partial charge on any atom is -0.357 e. The number of fused-ring (bicyclic) bond motifs is 5. The third-order valence-corrected chi connectivity index (χ3v) is 6.27. The van der Waals surface area contributed by atoms with Gasteiger partial charge in [-0.1, -0.05) is 25.1 Å². The SMILES string of the molecule is CC[C@H]1C[C@H](C2OCCO2)C[C@H]2c3[nH]c4ccccc4c3CCN12. The fraction of sp³-hybridized carbons (Fsp3) is 0.600. The second kappa shape index (κ2) is 5.87. The largest absolute Gasteiger partial charge is 0.357 e. The number of piperidine rings is 1. The molecule has 2 saturated heterocycles. The van der Waals surface area contributed by atoms with E-state index in [1.54, 1.807) is 0 Å². The Hall–Kier alpha value is -1.36. The molecule has 0 unspecified atom stereocenters. The van der Waals surface area contributed by atoms with Gasteiger partial charge in [0.1, 0.15) is 0 Å². The zero-order valence-electron chi connectivity index (χ0n) is 14.3. The van der Waals surface area contributed by atoms with E-state index in [0.717, 1.165) is 26.1 Å². The Labute approximate surface area is 143 Å². The van der Waals surface area contributed by atoms with E-state index in [1.807, 2.05) is 0 Å². The number of aromatic amines is 1. The van der Waals surface area contributed by atoms with Gasteiger partial charge in [0.25, 0.3) is 0 Å². The van der Waals surface area contributed by atoms with Crippen molar-refractivity contribution in [3.63, 3.8) is 0 Å². The Kier molecular flexibility index (Phi) is 3.65. The Morgan fingerprint density at radius 3 is 2.83 bits per heavy atom. The Bertz CT molecular complexity index is 734.